The highest BCUT2D eigenvalue weighted by atomic mass is 15.3. The first kappa shape index (κ1) is 9.71. The molecule has 1 aliphatic carbocycles. The van der Waals surface area contributed by atoms with E-state index < -0.39 is 0 Å². The Hall–Kier alpha value is -0.830. The second-order valence-electron chi connectivity index (χ2n) is 4.16. The average molecular weight is 193 g/mol. The molecular formula is C11H19N3. The maximum absolute atomic E-state index is 5.77. The van der Waals surface area contributed by atoms with Crippen molar-refractivity contribution in [2.75, 3.05) is 6.54 Å². The summed E-state index contributed by atoms with van der Waals surface area (Å²) in [5.74, 6) is 1.35. The van der Waals surface area contributed by atoms with Crippen molar-refractivity contribution in [2.24, 2.45) is 11.7 Å². The lowest BCUT2D eigenvalue weighted by molar-refractivity contribution is 0.495. The maximum Gasteiger partial charge on any atom is 0.0524 e. The minimum atomic E-state index is 0.667. The lowest BCUT2D eigenvalue weighted by Crippen LogP contribution is -2.16. The van der Waals surface area contributed by atoms with E-state index >= 15 is 0 Å². The molecule has 2 rings (SSSR count). The predicted octanol–water partition coefficient (Wildman–Crippen LogP) is 1.75. The first-order chi connectivity index (χ1) is 6.85. The molecule has 0 aliphatic heterocycles. The molecule has 0 spiro atoms. The molecule has 0 radical (unpaired) electrons. The quantitative estimate of drug-likeness (QED) is 0.794. The van der Waals surface area contributed by atoms with Gasteiger partial charge in [0.25, 0.3) is 0 Å². The van der Waals surface area contributed by atoms with Gasteiger partial charge in [0, 0.05) is 12.7 Å². The third-order valence-corrected chi connectivity index (χ3v) is 3.37. The van der Waals surface area contributed by atoms with Crippen molar-refractivity contribution >= 4 is 0 Å². The summed E-state index contributed by atoms with van der Waals surface area (Å²) >= 11 is 0. The molecule has 78 valence electrons. The highest BCUT2D eigenvalue weighted by Gasteiger charge is 2.28. The van der Waals surface area contributed by atoms with Gasteiger partial charge in [-0.3, -0.25) is 4.68 Å². The van der Waals surface area contributed by atoms with Crippen molar-refractivity contribution in [1.82, 2.24) is 9.78 Å². The van der Waals surface area contributed by atoms with Crippen LogP contribution in [0.4, 0.5) is 0 Å². The van der Waals surface area contributed by atoms with Gasteiger partial charge in [-0.25, -0.2) is 0 Å². The van der Waals surface area contributed by atoms with E-state index in [1.165, 1.54) is 24.8 Å². The number of rotatable bonds is 3. The summed E-state index contributed by atoms with van der Waals surface area (Å²) in [5, 5.41) is 4.32. The molecule has 1 aliphatic rings. The molecule has 3 heteroatoms. The zero-order valence-corrected chi connectivity index (χ0v) is 8.82. The Kier molecular flexibility index (Phi) is 2.87. The van der Waals surface area contributed by atoms with Crippen LogP contribution in [0.5, 0.6) is 0 Å². The van der Waals surface area contributed by atoms with Crippen LogP contribution in [-0.4, -0.2) is 16.3 Å². The zero-order chi connectivity index (χ0) is 9.97. The van der Waals surface area contributed by atoms with Gasteiger partial charge < -0.3 is 5.73 Å². The minimum Gasteiger partial charge on any atom is -0.330 e. The minimum absolute atomic E-state index is 0.667. The van der Waals surface area contributed by atoms with E-state index in [0.717, 1.165) is 13.1 Å². The highest BCUT2D eigenvalue weighted by molar-refractivity contribution is 5.14. The van der Waals surface area contributed by atoms with Gasteiger partial charge in [0.05, 0.1) is 6.20 Å². The summed E-state index contributed by atoms with van der Waals surface area (Å²) < 4.78 is 2.00. The van der Waals surface area contributed by atoms with Crippen molar-refractivity contribution in [2.45, 2.75) is 38.6 Å². The molecule has 0 amide bonds. The van der Waals surface area contributed by atoms with Crippen molar-refractivity contribution in [3.63, 3.8) is 0 Å². The van der Waals surface area contributed by atoms with Crippen LogP contribution in [0.15, 0.2) is 12.4 Å². The number of aryl methyl sites for hydroxylation is 1. The number of hydrogen-bond acceptors (Lipinski definition) is 2. The summed E-state index contributed by atoms with van der Waals surface area (Å²) in [6, 6.07) is 0. The van der Waals surface area contributed by atoms with Gasteiger partial charge in [-0.1, -0.05) is 6.42 Å². The second-order valence-corrected chi connectivity index (χ2v) is 4.16. The molecule has 1 aromatic rings. The van der Waals surface area contributed by atoms with Crippen LogP contribution in [-0.2, 0) is 6.54 Å². The molecule has 2 N–H and O–H groups in total. The Balaban J connectivity index is 2.13. The molecule has 2 unspecified atom stereocenters. The standard InChI is InChI=1S/C11H19N3/c1-2-14-8-10(7-13-14)11-5-3-4-9(11)6-12/h7-9,11H,2-6,12H2,1H3. The fourth-order valence-corrected chi connectivity index (χ4v) is 2.50. The Morgan fingerprint density at radius 2 is 2.43 bits per heavy atom. The van der Waals surface area contributed by atoms with E-state index in [1.54, 1.807) is 0 Å². The van der Waals surface area contributed by atoms with E-state index in [1.807, 2.05) is 10.9 Å². The molecule has 0 bridgehead atoms. The van der Waals surface area contributed by atoms with Crippen molar-refractivity contribution in [3.05, 3.63) is 18.0 Å². The lowest BCUT2D eigenvalue weighted by atomic mass is 9.91. The Bertz CT molecular complexity index is 292. The molecule has 2 atom stereocenters. The first-order valence-corrected chi connectivity index (χ1v) is 5.57. The molecule has 14 heavy (non-hydrogen) atoms. The van der Waals surface area contributed by atoms with Crippen LogP contribution in [0.3, 0.4) is 0 Å². The summed E-state index contributed by atoms with van der Waals surface area (Å²) in [5.41, 5.74) is 7.16. The molecule has 1 heterocycles. The van der Waals surface area contributed by atoms with Crippen molar-refractivity contribution in [1.29, 1.82) is 0 Å². The molecule has 1 aromatic heterocycles. The molecule has 1 fully saturated rings. The monoisotopic (exact) mass is 193 g/mol. The largest absolute Gasteiger partial charge is 0.330 e. The number of aromatic nitrogens is 2. The molecule has 1 saturated carbocycles. The van der Waals surface area contributed by atoms with Gasteiger partial charge in [0.15, 0.2) is 0 Å². The van der Waals surface area contributed by atoms with Gasteiger partial charge in [0.2, 0.25) is 0 Å². The Morgan fingerprint density at radius 1 is 1.57 bits per heavy atom. The summed E-state index contributed by atoms with van der Waals surface area (Å²) in [6.45, 7) is 3.90. The Morgan fingerprint density at radius 3 is 3.07 bits per heavy atom. The molecular weight excluding hydrogens is 174 g/mol. The Labute approximate surface area is 85.3 Å². The predicted molar refractivity (Wildman–Crippen MR) is 57.0 cm³/mol. The fraction of sp³-hybridized carbons (Fsp3) is 0.727. The third-order valence-electron chi connectivity index (χ3n) is 3.37. The number of nitrogens with two attached hydrogens (primary N) is 1. The van der Waals surface area contributed by atoms with Gasteiger partial charge in [0.1, 0.15) is 0 Å². The van der Waals surface area contributed by atoms with Crippen molar-refractivity contribution in [3.8, 4) is 0 Å². The number of hydrogen-bond donors (Lipinski definition) is 1. The van der Waals surface area contributed by atoms with Gasteiger partial charge in [-0.05, 0) is 43.7 Å². The average Bonchev–Trinajstić information content (AvgIpc) is 2.85. The van der Waals surface area contributed by atoms with E-state index in [9.17, 15) is 0 Å². The smallest absolute Gasteiger partial charge is 0.0524 e. The van der Waals surface area contributed by atoms with Crippen LogP contribution in [0.1, 0.15) is 37.7 Å². The fourth-order valence-electron chi connectivity index (χ4n) is 2.50. The van der Waals surface area contributed by atoms with Crippen molar-refractivity contribution < 1.29 is 0 Å². The third kappa shape index (κ3) is 1.69. The van der Waals surface area contributed by atoms with Crippen LogP contribution in [0.25, 0.3) is 0 Å². The summed E-state index contributed by atoms with van der Waals surface area (Å²) in [4.78, 5) is 0. The van der Waals surface area contributed by atoms with Crippen LogP contribution >= 0.6 is 0 Å². The summed E-state index contributed by atoms with van der Waals surface area (Å²) in [7, 11) is 0. The van der Waals surface area contributed by atoms with E-state index in [4.69, 9.17) is 5.73 Å². The maximum atomic E-state index is 5.77. The normalized spacial score (nSPS) is 27.0. The van der Waals surface area contributed by atoms with Crippen LogP contribution in [0.2, 0.25) is 0 Å². The SMILES string of the molecule is CCn1cc(C2CCCC2CN)cn1. The molecule has 0 aromatic carbocycles. The first-order valence-electron chi connectivity index (χ1n) is 5.57. The lowest BCUT2D eigenvalue weighted by Gasteiger charge is -2.15. The van der Waals surface area contributed by atoms with Crippen LogP contribution in [0, 0.1) is 5.92 Å². The van der Waals surface area contributed by atoms with E-state index in [2.05, 4.69) is 18.2 Å². The van der Waals surface area contributed by atoms with E-state index in [-0.39, 0.29) is 0 Å². The topological polar surface area (TPSA) is 43.8 Å². The summed E-state index contributed by atoms with van der Waals surface area (Å²) in [6.07, 6.45) is 8.10. The van der Waals surface area contributed by atoms with Gasteiger partial charge in [-0.15, -0.1) is 0 Å². The molecule has 0 saturated heterocycles. The van der Waals surface area contributed by atoms with Crippen LogP contribution < -0.4 is 5.73 Å². The van der Waals surface area contributed by atoms with Gasteiger partial charge >= 0.3 is 0 Å². The highest BCUT2D eigenvalue weighted by Crippen LogP contribution is 2.38. The second kappa shape index (κ2) is 4.13. The van der Waals surface area contributed by atoms with Gasteiger partial charge in [-0.2, -0.15) is 5.10 Å². The van der Waals surface area contributed by atoms with E-state index in [0.29, 0.717) is 11.8 Å². The molecule has 3 nitrogen and oxygen atoms in total. The zero-order valence-electron chi connectivity index (χ0n) is 8.82. The number of nitrogens with zero attached hydrogens (tertiary/aromatic N) is 2.